The molecule has 1 aromatic carbocycles. The van der Waals surface area contributed by atoms with Crippen molar-refractivity contribution in [2.45, 2.75) is 19.3 Å². The third-order valence-corrected chi connectivity index (χ3v) is 5.16. The number of aromatic nitrogens is 1. The molecular weight excluding hydrogens is 364 g/mol. The Hall–Kier alpha value is -1.89. The minimum absolute atomic E-state index is 0.0332. The zero-order valence-corrected chi connectivity index (χ0v) is 16.5. The first-order valence-corrected chi connectivity index (χ1v) is 9.87. The van der Waals surface area contributed by atoms with Crippen LogP contribution in [0.15, 0.2) is 34.9 Å². The molecule has 2 aromatic rings. The molecule has 146 valence electrons. The molecular formula is C20H27ClN4O2. The van der Waals surface area contributed by atoms with Gasteiger partial charge in [-0.05, 0) is 32.1 Å². The number of likely N-dealkylation sites (N-methyl/N-ethyl adjacent to an activating group) is 1. The van der Waals surface area contributed by atoms with E-state index >= 15 is 0 Å². The van der Waals surface area contributed by atoms with E-state index in [0.717, 1.165) is 44.7 Å². The van der Waals surface area contributed by atoms with Crippen LogP contribution in [0.25, 0.3) is 11.3 Å². The molecule has 1 aliphatic rings. The Kier molecular flexibility index (Phi) is 7.26. The lowest BCUT2D eigenvalue weighted by atomic mass is 10.2. The number of rotatable bonds is 8. The molecule has 0 saturated carbocycles. The summed E-state index contributed by atoms with van der Waals surface area (Å²) in [5.74, 6) is 1.21. The fraction of sp³-hybridized carbons (Fsp3) is 0.500. The number of piperazine rings is 1. The van der Waals surface area contributed by atoms with Gasteiger partial charge in [0.25, 0.3) is 0 Å². The van der Waals surface area contributed by atoms with Crippen LogP contribution in [0.5, 0.6) is 0 Å². The van der Waals surface area contributed by atoms with Gasteiger partial charge in [-0.3, -0.25) is 4.79 Å². The molecule has 1 aliphatic heterocycles. The summed E-state index contributed by atoms with van der Waals surface area (Å²) in [5.41, 5.74) is 0.811. The molecule has 1 N–H and O–H groups in total. The smallest absolute Gasteiger partial charge is 0.220 e. The number of hydrogen-bond donors (Lipinski definition) is 1. The quantitative estimate of drug-likeness (QED) is 0.702. The van der Waals surface area contributed by atoms with Gasteiger partial charge < -0.3 is 19.5 Å². The molecule has 6 nitrogen and oxygen atoms in total. The summed E-state index contributed by atoms with van der Waals surface area (Å²) in [6.07, 6.45) is 3.49. The van der Waals surface area contributed by atoms with Crippen molar-refractivity contribution >= 4 is 17.5 Å². The number of benzene rings is 1. The van der Waals surface area contributed by atoms with E-state index in [1.807, 2.05) is 24.3 Å². The fourth-order valence-corrected chi connectivity index (χ4v) is 3.35. The van der Waals surface area contributed by atoms with Gasteiger partial charge in [0.05, 0.1) is 11.2 Å². The monoisotopic (exact) mass is 390 g/mol. The molecule has 1 fully saturated rings. The second-order valence-electron chi connectivity index (χ2n) is 6.95. The van der Waals surface area contributed by atoms with Crippen LogP contribution in [0, 0.1) is 0 Å². The highest BCUT2D eigenvalue weighted by Gasteiger charge is 2.13. The van der Waals surface area contributed by atoms with Crippen LogP contribution in [0.1, 0.15) is 18.7 Å². The Balaban J connectivity index is 1.34. The SMILES string of the molecule is CN1CCN(CCCNC(=O)CCc2ncc(-c3ccccc3Cl)o2)CC1. The average molecular weight is 391 g/mol. The Morgan fingerprint density at radius 3 is 2.81 bits per heavy atom. The van der Waals surface area contributed by atoms with Crippen LogP contribution in [-0.2, 0) is 11.2 Å². The normalized spacial score (nSPS) is 15.8. The van der Waals surface area contributed by atoms with Gasteiger partial charge in [0, 0.05) is 51.1 Å². The molecule has 0 unspecified atom stereocenters. The van der Waals surface area contributed by atoms with Gasteiger partial charge in [0.15, 0.2) is 11.7 Å². The third kappa shape index (κ3) is 6.06. The van der Waals surface area contributed by atoms with Crippen molar-refractivity contribution in [2.75, 3.05) is 46.3 Å². The first kappa shape index (κ1) is 19.9. The standard InChI is InChI=1S/C20H27ClN4O2/c1-24-11-13-25(14-12-24)10-4-9-22-19(26)7-8-20-23-15-18(27-20)16-5-2-3-6-17(16)21/h2-3,5-6,15H,4,7-14H2,1H3,(H,22,26). The first-order valence-electron chi connectivity index (χ1n) is 9.49. The highest BCUT2D eigenvalue weighted by molar-refractivity contribution is 6.33. The van der Waals surface area contributed by atoms with Crippen molar-refractivity contribution < 1.29 is 9.21 Å². The maximum atomic E-state index is 12.0. The van der Waals surface area contributed by atoms with E-state index in [2.05, 4.69) is 27.1 Å². The van der Waals surface area contributed by atoms with Gasteiger partial charge in [-0.2, -0.15) is 0 Å². The van der Waals surface area contributed by atoms with Gasteiger partial charge in [0.2, 0.25) is 5.91 Å². The molecule has 0 spiro atoms. The maximum absolute atomic E-state index is 12.0. The Bertz CT molecular complexity index is 741. The van der Waals surface area contributed by atoms with Crippen molar-refractivity contribution in [3.05, 3.63) is 41.4 Å². The van der Waals surface area contributed by atoms with Crippen molar-refractivity contribution in [2.24, 2.45) is 0 Å². The molecule has 0 radical (unpaired) electrons. The van der Waals surface area contributed by atoms with Crippen molar-refractivity contribution in [3.63, 3.8) is 0 Å². The molecule has 1 amide bonds. The number of halogens is 1. The van der Waals surface area contributed by atoms with Gasteiger partial charge in [-0.25, -0.2) is 4.98 Å². The van der Waals surface area contributed by atoms with Crippen LogP contribution in [0.2, 0.25) is 5.02 Å². The third-order valence-electron chi connectivity index (χ3n) is 4.83. The van der Waals surface area contributed by atoms with Crippen LogP contribution in [-0.4, -0.2) is 67.0 Å². The van der Waals surface area contributed by atoms with Crippen LogP contribution in [0.4, 0.5) is 0 Å². The molecule has 3 rings (SSSR count). The predicted octanol–water partition coefficient (Wildman–Crippen LogP) is 2.68. The molecule has 0 bridgehead atoms. The number of nitrogens with zero attached hydrogens (tertiary/aromatic N) is 3. The number of aryl methyl sites for hydroxylation is 1. The van der Waals surface area contributed by atoms with E-state index in [0.29, 0.717) is 36.1 Å². The van der Waals surface area contributed by atoms with Gasteiger partial charge >= 0.3 is 0 Å². The van der Waals surface area contributed by atoms with E-state index in [9.17, 15) is 4.79 Å². The minimum atomic E-state index is 0.0332. The van der Waals surface area contributed by atoms with Crippen LogP contribution in [0.3, 0.4) is 0 Å². The molecule has 0 aliphatic carbocycles. The summed E-state index contributed by atoms with van der Waals surface area (Å²) in [4.78, 5) is 21.1. The number of nitrogens with one attached hydrogen (secondary N) is 1. The fourth-order valence-electron chi connectivity index (χ4n) is 3.12. The Morgan fingerprint density at radius 2 is 2.04 bits per heavy atom. The number of carbonyl (C=O) groups excluding carboxylic acids is 1. The first-order chi connectivity index (χ1) is 13.1. The van der Waals surface area contributed by atoms with Gasteiger partial charge in [-0.1, -0.05) is 23.7 Å². The van der Waals surface area contributed by atoms with Gasteiger partial charge in [-0.15, -0.1) is 0 Å². The second kappa shape index (κ2) is 9.88. The lowest BCUT2D eigenvalue weighted by molar-refractivity contribution is -0.121. The second-order valence-corrected chi connectivity index (χ2v) is 7.35. The maximum Gasteiger partial charge on any atom is 0.220 e. The largest absolute Gasteiger partial charge is 0.441 e. The average Bonchev–Trinajstić information content (AvgIpc) is 3.14. The number of oxazole rings is 1. The summed E-state index contributed by atoms with van der Waals surface area (Å²) in [6.45, 7) is 6.22. The Morgan fingerprint density at radius 1 is 1.26 bits per heavy atom. The lowest BCUT2D eigenvalue weighted by Gasteiger charge is -2.32. The number of hydrogen-bond acceptors (Lipinski definition) is 5. The molecule has 1 saturated heterocycles. The molecule has 0 atom stereocenters. The predicted molar refractivity (Wildman–Crippen MR) is 107 cm³/mol. The summed E-state index contributed by atoms with van der Waals surface area (Å²) in [5, 5.41) is 3.61. The number of carbonyl (C=O) groups is 1. The van der Waals surface area contributed by atoms with E-state index in [4.69, 9.17) is 16.0 Å². The molecule has 7 heteroatoms. The van der Waals surface area contributed by atoms with Crippen molar-refractivity contribution in [3.8, 4) is 11.3 Å². The molecule has 2 heterocycles. The molecule has 1 aromatic heterocycles. The van der Waals surface area contributed by atoms with E-state index in [1.54, 1.807) is 6.20 Å². The zero-order valence-electron chi connectivity index (χ0n) is 15.8. The molecule has 27 heavy (non-hydrogen) atoms. The Labute approximate surface area is 165 Å². The number of amides is 1. The van der Waals surface area contributed by atoms with Crippen LogP contribution < -0.4 is 5.32 Å². The topological polar surface area (TPSA) is 61.6 Å². The summed E-state index contributed by atoms with van der Waals surface area (Å²) >= 11 is 6.17. The van der Waals surface area contributed by atoms with Crippen molar-refractivity contribution in [1.82, 2.24) is 20.1 Å². The minimum Gasteiger partial charge on any atom is -0.441 e. The van der Waals surface area contributed by atoms with Crippen LogP contribution >= 0.6 is 11.6 Å². The highest BCUT2D eigenvalue weighted by Crippen LogP contribution is 2.28. The van der Waals surface area contributed by atoms with E-state index < -0.39 is 0 Å². The van der Waals surface area contributed by atoms with E-state index in [-0.39, 0.29) is 5.91 Å². The van der Waals surface area contributed by atoms with E-state index in [1.165, 1.54) is 0 Å². The summed E-state index contributed by atoms with van der Waals surface area (Å²) in [7, 11) is 2.16. The lowest BCUT2D eigenvalue weighted by Crippen LogP contribution is -2.45. The van der Waals surface area contributed by atoms with Crippen molar-refractivity contribution in [1.29, 1.82) is 0 Å². The zero-order chi connectivity index (χ0) is 19.1. The summed E-state index contributed by atoms with van der Waals surface area (Å²) in [6, 6.07) is 7.48. The highest BCUT2D eigenvalue weighted by atomic mass is 35.5. The summed E-state index contributed by atoms with van der Waals surface area (Å²) < 4.78 is 5.73. The van der Waals surface area contributed by atoms with Gasteiger partial charge in [0.1, 0.15) is 0 Å².